The predicted octanol–water partition coefficient (Wildman–Crippen LogP) is 4.88. The standard InChI is InChI=1S/C19H14ClN5O3S/c1-2-9-29-19-22-18-16(23-24-19)12-5-3-4-6-14(12)21-17(28-18)11-7-8-13(20)15(10-11)25(26)27/h2-8,10,17,21H,1,9H2/t17-/m0/s1. The number of hydrogen-bond acceptors (Lipinski definition) is 8. The van der Waals surface area contributed by atoms with Crippen molar-refractivity contribution >= 4 is 34.7 Å². The molecule has 1 N–H and O–H groups in total. The molecule has 10 heteroatoms. The Morgan fingerprint density at radius 3 is 2.93 bits per heavy atom. The minimum atomic E-state index is -0.734. The van der Waals surface area contributed by atoms with Crippen molar-refractivity contribution in [2.45, 2.75) is 11.4 Å². The first-order chi connectivity index (χ1) is 14.1. The smallest absolute Gasteiger partial charge is 0.288 e. The highest BCUT2D eigenvalue weighted by Gasteiger charge is 2.27. The van der Waals surface area contributed by atoms with E-state index in [0.717, 1.165) is 11.3 Å². The number of nitrogens with zero attached hydrogens (tertiary/aromatic N) is 4. The van der Waals surface area contributed by atoms with Crippen LogP contribution in [0, 0.1) is 10.1 Å². The second-order valence-electron chi connectivity index (χ2n) is 6.00. The third kappa shape index (κ3) is 3.87. The summed E-state index contributed by atoms with van der Waals surface area (Å²) in [5, 5.41) is 23.5. The van der Waals surface area contributed by atoms with Crippen LogP contribution < -0.4 is 10.1 Å². The van der Waals surface area contributed by atoms with E-state index in [1.54, 1.807) is 12.1 Å². The first kappa shape index (κ1) is 19.2. The highest BCUT2D eigenvalue weighted by molar-refractivity contribution is 7.99. The van der Waals surface area contributed by atoms with Gasteiger partial charge in [0.1, 0.15) is 5.02 Å². The Balaban J connectivity index is 1.81. The van der Waals surface area contributed by atoms with Crippen molar-refractivity contribution in [3.05, 3.63) is 75.8 Å². The van der Waals surface area contributed by atoms with Gasteiger partial charge in [-0.05, 0) is 12.1 Å². The van der Waals surface area contributed by atoms with Gasteiger partial charge in [0.05, 0.1) is 4.92 Å². The van der Waals surface area contributed by atoms with Crippen LogP contribution in [0.5, 0.6) is 5.88 Å². The summed E-state index contributed by atoms with van der Waals surface area (Å²) in [6.07, 6.45) is 1.01. The van der Waals surface area contributed by atoms with Crippen LogP contribution in [-0.4, -0.2) is 25.9 Å². The molecule has 0 aliphatic carbocycles. The number of thioether (sulfide) groups is 1. The maximum Gasteiger partial charge on any atom is 0.288 e. The Hall–Kier alpha value is -3.17. The molecule has 1 aliphatic heterocycles. The SMILES string of the molecule is C=CCSc1nnc2c(n1)O[C@@H](c1ccc(Cl)c([N+](=O)[O-])c1)Nc1ccccc1-2. The van der Waals surface area contributed by atoms with E-state index in [0.29, 0.717) is 22.2 Å². The van der Waals surface area contributed by atoms with Crippen LogP contribution in [0.25, 0.3) is 11.3 Å². The number of hydrogen-bond donors (Lipinski definition) is 1. The summed E-state index contributed by atoms with van der Waals surface area (Å²) in [6, 6.07) is 12.0. The lowest BCUT2D eigenvalue weighted by atomic mass is 10.1. The first-order valence-corrected chi connectivity index (χ1v) is 9.88. The van der Waals surface area contributed by atoms with Crippen LogP contribution in [0.3, 0.4) is 0 Å². The summed E-state index contributed by atoms with van der Waals surface area (Å²) >= 11 is 7.33. The fourth-order valence-corrected chi connectivity index (χ4v) is 3.52. The normalized spacial score (nSPS) is 14.6. The van der Waals surface area contributed by atoms with E-state index in [-0.39, 0.29) is 16.6 Å². The van der Waals surface area contributed by atoms with Crippen LogP contribution in [0.2, 0.25) is 5.02 Å². The van der Waals surface area contributed by atoms with Gasteiger partial charge in [-0.3, -0.25) is 10.1 Å². The molecule has 2 aromatic carbocycles. The monoisotopic (exact) mass is 427 g/mol. The van der Waals surface area contributed by atoms with Crippen molar-refractivity contribution in [3.63, 3.8) is 0 Å². The fraction of sp³-hybridized carbons (Fsp3) is 0.105. The molecule has 0 bridgehead atoms. The molecule has 1 aliphatic rings. The quantitative estimate of drug-likeness (QED) is 0.266. The number of anilines is 1. The van der Waals surface area contributed by atoms with Gasteiger partial charge in [0.2, 0.25) is 11.0 Å². The van der Waals surface area contributed by atoms with Gasteiger partial charge >= 0.3 is 0 Å². The topological polar surface area (TPSA) is 103 Å². The van der Waals surface area contributed by atoms with E-state index in [1.807, 2.05) is 24.3 Å². The van der Waals surface area contributed by atoms with Gasteiger partial charge in [-0.1, -0.05) is 53.7 Å². The second-order valence-corrected chi connectivity index (χ2v) is 7.40. The van der Waals surface area contributed by atoms with Gasteiger partial charge in [-0.15, -0.1) is 16.8 Å². The van der Waals surface area contributed by atoms with Gasteiger partial charge in [0, 0.05) is 28.6 Å². The van der Waals surface area contributed by atoms with E-state index >= 15 is 0 Å². The molecule has 146 valence electrons. The lowest BCUT2D eigenvalue weighted by Gasteiger charge is -2.19. The van der Waals surface area contributed by atoms with Crippen LogP contribution in [0.15, 0.2) is 60.3 Å². The summed E-state index contributed by atoms with van der Waals surface area (Å²) < 4.78 is 6.09. The number of nitro benzene ring substituents is 1. The maximum atomic E-state index is 11.3. The maximum absolute atomic E-state index is 11.3. The third-order valence-corrected chi connectivity index (χ3v) is 5.29. The number of aromatic nitrogens is 3. The van der Waals surface area contributed by atoms with Gasteiger partial charge < -0.3 is 10.1 Å². The Labute approximate surface area is 175 Å². The fourth-order valence-electron chi connectivity index (χ4n) is 2.83. The number of rotatable bonds is 5. The number of nitro groups is 1. The van der Waals surface area contributed by atoms with E-state index in [4.69, 9.17) is 16.3 Å². The lowest BCUT2D eigenvalue weighted by molar-refractivity contribution is -0.384. The average Bonchev–Trinajstić information content (AvgIpc) is 2.88. The van der Waals surface area contributed by atoms with Crippen molar-refractivity contribution in [1.29, 1.82) is 0 Å². The summed E-state index contributed by atoms with van der Waals surface area (Å²) in [5.74, 6) is 0.911. The minimum Gasteiger partial charge on any atom is -0.448 e. The molecule has 0 amide bonds. The molecule has 1 aromatic heterocycles. The third-order valence-electron chi connectivity index (χ3n) is 4.13. The zero-order chi connectivity index (χ0) is 20.4. The molecule has 0 saturated carbocycles. The Morgan fingerprint density at radius 1 is 1.31 bits per heavy atom. The zero-order valence-corrected chi connectivity index (χ0v) is 16.5. The molecule has 0 unspecified atom stereocenters. The molecule has 4 rings (SSSR count). The molecular weight excluding hydrogens is 414 g/mol. The summed E-state index contributed by atoms with van der Waals surface area (Å²) in [7, 11) is 0. The first-order valence-electron chi connectivity index (χ1n) is 8.51. The van der Waals surface area contributed by atoms with Gasteiger partial charge in [0.15, 0.2) is 11.9 Å². The molecule has 1 atom stereocenters. The van der Waals surface area contributed by atoms with Gasteiger partial charge in [0.25, 0.3) is 5.69 Å². The summed E-state index contributed by atoms with van der Waals surface area (Å²) in [4.78, 5) is 15.2. The number of ether oxygens (including phenoxy) is 1. The Kier molecular flexibility index (Phi) is 5.32. The van der Waals surface area contributed by atoms with Crippen molar-refractivity contribution in [3.8, 4) is 17.1 Å². The highest BCUT2D eigenvalue weighted by atomic mass is 35.5. The zero-order valence-electron chi connectivity index (χ0n) is 14.9. The van der Waals surface area contributed by atoms with Crippen molar-refractivity contribution in [2.24, 2.45) is 0 Å². The van der Waals surface area contributed by atoms with Gasteiger partial charge in [-0.25, -0.2) is 0 Å². The molecule has 0 saturated heterocycles. The van der Waals surface area contributed by atoms with Crippen molar-refractivity contribution in [2.75, 3.05) is 11.1 Å². The summed E-state index contributed by atoms with van der Waals surface area (Å²) in [6.45, 7) is 3.69. The van der Waals surface area contributed by atoms with E-state index in [9.17, 15) is 10.1 Å². The summed E-state index contributed by atoms with van der Waals surface area (Å²) in [5.41, 5.74) is 2.34. The predicted molar refractivity (Wildman–Crippen MR) is 111 cm³/mol. The number of para-hydroxylation sites is 1. The molecule has 29 heavy (non-hydrogen) atoms. The largest absolute Gasteiger partial charge is 0.448 e. The van der Waals surface area contributed by atoms with Crippen molar-refractivity contribution in [1.82, 2.24) is 15.2 Å². The molecule has 3 aromatic rings. The van der Waals surface area contributed by atoms with Crippen LogP contribution in [-0.2, 0) is 0 Å². The van der Waals surface area contributed by atoms with Crippen molar-refractivity contribution < 1.29 is 9.66 Å². The molecule has 0 radical (unpaired) electrons. The van der Waals surface area contributed by atoms with Crippen LogP contribution in [0.4, 0.5) is 11.4 Å². The molecule has 8 nitrogen and oxygen atoms in total. The number of halogens is 1. The number of benzene rings is 2. The van der Waals surface area contributed by atoms with E-state index < -0.39 is 11.2 Å². The Morgan fingerprint density at radius 2 is 2.14 bits per heavy atom. The van der Waals surface area contributed by atoms with Crippen LogP contribution >= 0.6 is 23.4 Å². The molecular formula is C19H14ClN5O3S. The molecule has 2 heterocycles. The van der Waals surface area contributed by atoms with E-state index in [1.165, 1.54) is 23.9 Å². The second kappa shape index (κ2) is 8.06. The lowest BCUT2D eigenvalue weighted by Crippen LogP contribution is -2.17. The molecule has 0 spiro atoms. The molecule has 0 fully saturated rings. The average molecular weight is 428 g/mol. The Bertz CT molecular complexity index is 1110. The number of fused-ring (bicyclic) bond motifs is 3. The minimum absolute atomic E-state index is 0.0558. The van der Waals surface area contributed by atoms with E-state index in [2.05, 4.69) is 27.1 Å². The van der Waals surface area contributed by atoms with Crippen LogP contribution in [0.1, 0.15) is 11.8 Å². The highest BCUT2D eigenvalue weighted by Crippen LogP contribution is 2.40. The number of nitrogens with one attached hydrogen (secondary N) is 1. The van der Waals surface area contributed by atoms with Gasteiger partial charge in [-0.2, -0.15) is 4.98 Å².